The normalized spacial score (nSPS) is 13.1. The van der Waals surface area contributed by atoms with Crippen LogP contribution in [-0.4, -0.2) is 26.5 Å². The molecule has 0 aliphatic heterocycles. The third-order valence-corrected chi connectivity index (χ3v) is 5.57. The lowest BCUT2D eigenvalue weighted by Gasteiger charge is -2.13. The summed E-state index contributed by atoms with van der Waals surface area (Å²) in [7, 11) is -1.83. The summed E-state index contributed by atoms with van der Waals surface area (Å²) in [6, 6.07) is 6.93. The first-order valence-corrected chi connectivity index (χ1v) is 8.92. The number of thiophene rings is 1. The lowest BCUT2D eigenvalue weighted by atomic mass is 10.2. The van der Waals surface area contributed by atoms with Crippen molar-refractivity contribution in [3.8, 4) is 0 Å². The van der Waals surface area contributed by atoms with Gasteiger partial charge in [0.2, 0.25) is 10.0 Å². The molecule has 21 heavy (non-hydrogen) atoms. The van der Waals surface area contributed by atoms with Crippen LogP contribution in [0.2, 0.25) is 0 Å². The molecule has 2 heterocycles. The Balaban J connectivity index is 2.09. The van der Waals surface area contributed by atoms with Gasteiger partial charge in [0, 0.05) is 35.1 Å². The van der Waals surface area contributed by atoms with Gasteiger partial charge in [-0.05, 0) is 38.5 Å². The number of aromatic nitrogens is 1. The summed E-state index contributed by atoms with van der Waals surface area (Å²) in [6.07, 6.45) is 2.16. The molecule has 0 saturated carbocycles. The maximum Gasteiger partial charge on any atom is 0.241 e. The van der Waals surface area contributed by atoms with E-state index >= 15 is 0 Å². The number of rotatable bonds is 6. The van der Waals surface area contributed by atoms with Crippen LogP contribution in [0.25, 0.3) is 0 Å². The first kappa shape index (κ1) is 15.9. The van der Waals surface area contributed by atoms with E-state index in [1.807, 2.05) is 26.0 Å². The van der Waals surface area contributed by atoms with E-state index in [-0.39, 0.29) is 10.9 Å². The number of nitrogens with zero attached hydrogens (tertiary/aromatic N) is 1. The third-order valence-electron chi connectivity index (χ3n) is 2.96. The standard InChI is InChI=1S/C14H19N3O2S2/c1-10(8-12-5-4-11(2)20-12)17-21(18,19)13-6-7-16-14(9-13)15-3/h4-7,9-10,17H,8H2,1-3H3,(H,15,16). The molecule has 0 aliphatic rings. The highest BCUT2D eigenvalue weighted by Crippen LogP contribution is 2.18. The molecule has 0 spiro atoms. The van der Waals surface area contributed by atoms with Crippen LogP contribution < -0.4 is 10.0 Å². The molecule has 114 valence electrons. The summed E-state index contributed by atoms with van der Waals surface area (Å²) in [5.74, 6) is 0.527. The Morgan fingerprint density at radius 2 is 2.10 bits per heavy atom. The molecule has 2 rings (SSSR count). The van der Waals surface area contributed by atoms with E-state index in [0.29, 0.717) is 12.2 Å². The first-order valence-electron chi connectivity index (χ1n) is 6.62. The van der Waals surface area contributed by atoms with Gasteiger partial charge in [-0.15, -0.1) is 11.3 Å². The van der Waals surface area contributed by atoms with Crippen molar-refractivity contribution < 1.29 is 8.42 Å². The Labute approximate surface area is 129 Å². The average molecular weight is 325 g/mol. The average Bonchev–Trinajstić information content (AvgIpc) is 2.83. The predicted molar refractivity (Wildman–Crippen MR) is 86.3 cm³/mol. The van der Waals surface area contributed by atoms with Gasteiger partial charge in [-0.2, -0.15) is 0 Å². The van der Waals surface area contributed by atoms with Crippen molar-refractivity contribution in [2.75, 3.05) is 12.4 Å². The minimum absolute atomic E-state index is 0.167. The van der Waals surface area contributed by atoms with Gasteiger partial charge in [-0.1, -0.05) is 0 Å². The van der Waals surface area contributed by atoms with Gasteiger partial charge >= 0.3 is 0 Å². The number of aryl methyl sites for hydroxylation is 1. The number of nitrogens with one attached hydrogen (secondary N) is 2. The van der Waals surface area contributed by atoms with Crippen molar-refractivity contribution in [3.05, 3.63) is 40.2 Å². The van der Waals surface area contributed by atoms with Gasteiger partial charge in [0.05, 0.1) is 4.90 Å². The van der Waals surface area contributed by atoms with Crippen molar-refractivity contribution in [2.24, 2.45) is 0 Å². The lowest BCUT2D eigenvalue weighted by molar-refractivity contribution is 0.560. The quantitative estimate of drug-likeness (QED) is 0.855. The van der Waals surface area contributed by atoms with Crippen LogP contribution in [0.15, 0.2) is 35.4 Å². The van der Waals surface area contributed by atoms with Crippen molar-refractivity contribution in [1.82, 2.24) is 9.71 Å². The molecule has 0 saturated heterocycles. The number of sulfonamides is 1. The van der Waals surface area contributed by atoms with Gasteiger partial charge in [-0.25, -0.2) is 18.1 Å². The number of anilines is 1. The van der Waals surface area contributed by atoms with Crippen LogP contribution in [0.1, 0.15) is 16.7 Å². The summed E-state index contributed by atoms with van der Waals surface area (Å²) in [4.78, 5) is 6.64. The maximum absolute atomic E-state index is 12.3. The van der Waals surface area contributed by atoms with Crippen LogP contribution >= 0.6 is 11.3 Å². The molecule has 0 fully saturated rings. The first-order chi connectivity index (χ1) is 9.90. The molecule has 0 radical (unpaired) electrons. The van der Waals surface area contributed by atoms with E-state index in [2.05, 4.69) is 15.0 Å². The second-order valence-electron chi connectivity index (χ2n) is 4.87. The maximum atomic E-state index is 12.3. The number of hydrogen-bond donors (Lipinski definition) is 2. The van der Waals surface area contributed by atoms with Crippen molar-refractivity contribution >= 4 is 27.2 Å². The summed E-state index contributed by atoms with van der Waals surface area (Å²) in [6.45, 7) is 3.91. The van der Waals surface area contributed by atoms with Crippen LogP contribution in [0.5, 0.6) is 0 Å². The predicted octanol–water partition coefficient (Wildman–Crippen LogP) is 2.40. The second-order valence-corrected chi connectivity index (χ2v) is 7.95. The van der Waals surface area contributed by atoms with Gasteiger partial charge in [0.15, 0.2) is 0 Å². The Hall–Kier alpha value is -1.44. The molecule has 2 N–H and O–H groups in total. The van der Waals surface area contributed by atoms with Gasteiger partial charge < -0.3 is 5.32 Å². The lowest BCUT2D eigenvalue weighted by Crippen LogP contribution is -2.34. The zero-order chi connectivity index (χ0) is 15.5. The minimum Gasteiger partial charge on any atom is -0.373 e. The van der Waals surface area contributed by atoms with Gasteiger partial charge in [-0.3, -0.25) is 0 Å². The summed E-state index contributed by atoms with van der Waals surface area (Å²) in [5.41, 5.74) is 0. The zero-order valence-corrected chi connectivity index (χ0v) is 13.9. The molecule has 1 atom stereocenters. The topological polar surface area (TPSA) is 71.1 Å². The monoisotopic (exact) mass is 325 g/mol. The highest BCUT2D eigenvalue weighted by atomic mass is 32.2. The van der Waals surface area contributed by atoms with E-state index in [9.17, 15) is 8.42 Å². The van der Waals surface area contributed by atoms with Crippen molar-refractivity contribution in [3.63, 3.8) is 0 Å². The largest absolute Gasteiger partial charge is 0.373 e. The molecule has 0 aliphatic carbocycles. The Kier molecular flexibility index (Phi) is 4.97. The smallest absolute Gasteiger partial charge is 0.241 e. The van der Waals surface area contributed by atoms with E-state index < -0.39 is 10.0 Å². The number of pyridine rings is 1. The summed E-state index contributed by atoms with van der Waals surface area (Å²) < 4.78 is 27.4. The van der Waals surface area contributed by atoms with Gasteiger partial charge in [0.1, 0.15) is 5.82 Å². The van der Waals surface area contributed by atoms with E-state index in [1.165, 1.54) is 28.1 Å². The molecule has 2 aromatic rings. The fourth-order valence-corrected chi connectivity index (χ4v) is 4.26. The highest BCUT2D eigenvalue weighted by molar-refractivity contribution is 7.89. The van der Waals surface area contributed by atoms with Crippen LogP contribution in [-0.2, 0) is 16.4 Å². The molecule has 0 bridgehead atoms. The number of hydrogen-bond acceptors (Lipinski definition) is 5. The molecule has 7 heteroatoms. The molecular weight excluding hydrogens is 306 g/mol. The molecule has 5 nitrogen and oxygen atoms in total. The van der Waals surface area contributed by atoms with Gasteiger partial charge in [0.25, 0.3) is 0 Å². The van der Waals surface area contributed by atoms with Crippen molar-refractivity contribution in [2.45, 2.75) is 31.2 Å². The summed E-state index contributed by atoms with van der Waals surface area (Å²) in [5, 5.41) is 2.83. The highest BCUT2D eigenvalue weighted by Gasteiger charge is 2.18. The summed E-state index contributed by atoms with van der Waals surface area (Å²) >= 11 is 1.69. The fraction of sp³-hybridized carbons (Fsp3) is 0.357. The van der Waals surface area contributed by atoms with E-state index in [1.54, 1.807) is 18.4 Å². The zero-order valence-electron chi connectivity index (χ0n) is 12.3. The molecular formula is C14H19N3O2S2. The van der Waals surface area contributed by atoms with Crippen LogP contribution in [0.3, 0.4) is 0 Å². The molecule has 0 aromatic carbocycles. The second kappa shape index (κ2) is 6.55. The molecule has 0 amide bonds. The van der Waals surface area contributed by atoms with Crippen LogP contribution in [0, 0.1) is 6.92 Å². The third kappa shape index (κ3) is 4.26. The molecule has 2 aromatic heterocycles. The SMILES string of the molecule is CNc1cc(S(=O)(=O)NC(C)Cc2ccc(C)s2)ccn1. The van der Waals surface area contributed by atoms with Crippen LogP contribution in [0.4, 0.5) is 5.82 Å². The minimum atomic E-state index is -3.53. The van der Waals surface area contributed by atoms with Crippen molar-refractivity contribution in [1.29, 1.82) is 0 Å². The fourth-order valence-electron chi connectivity index (χ4n) is 1.99. The molecule has 1 unspecified atom stereocenters. The Morgan fingerprint density at radius 3 is 2.71 bits per heavy atom. The van der Waals surface area contributed by atoms with E-state index in [0.717, 1.165) is 0 Å². The Bertz CT molecular complexity index is 711. The van der Waals surface area contributed by atoms with E-state index in [4.69, 9.17) is 0 Å². The Morgan fingerprint density at radius 1 is 1.33 bits per heavy atom.